The molecular formula is C26H26. The molecule has 4 atom stereocenters. The van der Waals surface area contributed by atoms with Crippen LogP contribution in [0.2, 0.25) is 0 Å². The Labute approximate surface area is 157 Å². The van der Waals surface area contributed by atoms with E-state index in [1.54, 1.807) is 22.3 Å². The van der Waals surface area contributed by atoms with Gasteiger partial charge < -0.3 is 0 Å². The Hall–Kier alpha value is -2.34. The molecule has 5 rings (SSSR count). The third kappa shape index (κ3) is 2.60. The first-order chi connectivity index (χ1) is 12.9. The molecule has 4 unspecified atom stereocenters. The predicted molar refractivity (Wildman–Crippen MR) is 110 cm³/mol. The van der Waals surface area contributed by atoms with Crippen LogP contribution in [-0.4, -0.2) is 0 Å². The molecule has 0 nitrogen and oxygen atoms in total. The minimum Gasteiger partial charge on any atom is -0.0839 e. The molecule has 130 valence electrons. The summed E-state index contributed by atoms with van der Waals surface area (Å²) in [4.78, 5) is 0. The van der Waals surface area contributed by atoms with Crippen LogP contribution < -0.4 is 0 Å². The van der Waals surface area contributed by atoms with Crippen LogP contribution >= 0.6 is 0 Å². The molecule has 0 aliphatic heterocycles. The van der Waals surface area contributed by atoms with Crippen LogP contribution in [0.4, 0.5) is 0 Å². The molecule has 0 heteroatoms. The molecule has 5 aliphatic carbocycles. The van der Waals surface area contributed by atoms with Crippen LogP contribution in [0.25, 0.3) is 0 Å². The van der Waals surface area contributed by atoms with Crippen LogP contribution in [0.3, 0.4) is 0 Å². The zero-order chi connectivity index (χ0) is 17.3. The largest absolute Gasteiger partial charge is 0.0839 e. The lowest BCUT2D eigenvalue weighted by molar-refractivity contribution is 0.380. The average Bonchev–Trinajstić information content (AvgIpc) is 2.73. The summed E-state index contributed by atoms with van der Waals surface area (Å²) in [5, 5.41) is 0. The van der Waals surface area contributed by atoms with Crippen LogP contribution in [0.1, 0.15) is 25.7 Å². The van der Waals surface area contributed by atoms with Crippen molar-refractivity contribution in [2.75, 3.05) is 0 Å². The maximum Gasteiger partial charge on any atom is 0.00987 e. The fourth-order valence-corrected chi connectivity index (χ4v) is 5.39. The number of hydrogen-bond donors (Lipinski definition) is 0. The number of fused-ring (bicyclic) bond motifs is 1. The summed E-state index contributed by atoms with van der Waals surface area (Å²) >= 11 is 0. The smallest absolute Gasteiger partial charge is 0.00987 e. The standard InChI is InChI=1S/C26H26/c1-3-11-19(12-4-1)25-21-15-7-9-17-23(21)26(20-13-5-2-6-14-20)24-18-10-8-16-22(24)25/h1-9,11,13,15-17,19-21,25H,10,12,14,18H2. The molecule has 0 saturated heterocycles. The van der Waals surface area contributed by atoms with Gasteiger partial charge in [0.25, 0.3) is 0 Å². The quantitative estimate of drug-likeness (QED) is 0.534. The second kappa shape index (κ2) is 6.76. The van der Waals surface area contributed by atoms with E-state index in [0.717, 1.165) is 12.8 Å². The van der Waals surface area contributed by atoms with E-state index < -0.39 is 0 Å². The van der Waals surface area contributed by atoms with Gasteiger partial charge in [0.2, 0.25) is 0 Å². The molecule has 0 saturated carbocycles. The van der Waals surface area contributed by atoms with Crippen LogP contribution in [0.15, 0.2) is 107 Å². The molecule has 0 N–H and O–H groups in total. The summed E-state index contributed by atoms with van der Waals surface area (Å²) in [6.45, 7) is 0. The summed E-state index contributed by atoms with van der Waals surface area (Å²) in [5.41, 5.74) is 6.48. The molecular weight excluding hydrogens is 312 g/mol. The topological polar surface area (TPSA) is 0 Å². The maximum absolute atomic E-state index is 2.46. The second-order valence-corrected chi connectivity index (χ2v) is 7.91. The van der Waals surface area contributed by atoms with Crippen LogP contribution in [0, 0.1) is 23.7 Å². The molecule has 0 aromatic carbocycles. The molecule has 0 fully saturated rings. The van der Waals surface area contributed by atoms with Crippen molar-refractivity contribution in [2.24, 2.45) is 23.7 Å². The first-order valence-corrected chi connectivity index (χ1v) is 10.1. The minimum atomic E-state index is 0.511. The highest BCUT2D eigenvalue weighted by atomic mass is 14.4. The van der Waals surface area contributed by atoms with Gasteiger partial charge in [-0.1, -0.05) is 85.1 Å². The van der Waals surface area contributed by atoms with Crippen LogP contribution in [0.5, 0.6) is 0 Å². The second-order valence-electron chi connectivity index (χ2n) is 7.91. The Morgan fingerprint density at radius 3 is 2.35 bits per heavy atom. The predicted octanol–water partition coefficient (Wildman–Crippen LogP) is 6.57. The van der Waals surface area contributed by atoms with Crippen molar-refractivity contribution in [1.82, 2.24) is 0 Å². The Balaban J connectivity index is 1.66. The van der Waals surface area contributed by atoms with Crippen molar-refractivity contribution < 1.29 is 0 Å². The summed E-state index contributed by atoms with van der Waals surface area (Å²) in [7, 11) is 0. The van der Waals surface area contributed by atoms with Gasteiger partial charge in [-0.3, -0.25) is 0 Å². The van der Waals surface area contributed by atoms with Gasteiger partial charge in [-0.25, -0.2) is 0 Å². The SMILES string of the molecule is C1=CCC(C2=C3C=CC=CC3C(C3C=CC=CC3)C3=C2CCC=C3)C=C1. The molecule has 0 amide bonds. The first-order valence-electron chi connectivity index (χ1n) is 10.1. The van der Waals surface area contributed by atoms with Crippen molar-refractivity contribution in [3.05, 3.63) is 107 Å². The van der Waals surface area contributed by atoms with Crippen molar-refractivity contribution in [3.8, 4) is 0 Å². The van der Waals surface area contributed by atoms with Crippen molar-refractivity contribution >= 4 is 0 Å². The van der Waals surface area contributed by atoms with Gasteiger partial charge in [0.1, 0.15) is 0 Å². The lowest BCUT2D eigenvalue weighted by Gasteiger charge is -2.43. The Morgan fingerprint density at radius 2 is 1.54 bits per heavy atom. The van der Waals surface area contributed by atoms with E-state index in [2.05, 4.69) is 85.1 Å². The molecule has 0 bridgehead atoms. The number of allylic oxidation sites excluding steroid dienone is 18. The van der Waals surface area contributed by atoms with Gasteiger partial charge >= 0.3 is 0 Å². The first kappa shape index (κ1) is 15.9. The third-order valence-corrected chi connectivity index (χ3v) is 6.48. The minimum absolute atomic E-state index is 0.511. The van der Waals surface area contributed by atoms with E-state index in [4.69, 9.17) is 0 Å². The van der Waals surface area contributed by atoms with Gasteiger partial charge in [-0.2, -0.15) is 0 Å². The van der Waals surface area contributed by atoms with Gasteiger partial charge in [-0.15, -0.1) is 0 Å². The van der Waals surface area contributed by atoms with Crippen molar-refractivity contribution in [3.63, 3.8) is 0 Å². The van der Waals surface area contributed by atoms with E-state index in [0.29, 0.717) is 23.7 Å². The van der Waals surface area contributed by atoms with Gasteiger partial charge in [0.05, 0.1) is 0 Å². The van der Waals surface area contributed by atoms with E-state index in [1.807, 2.05) is 0 Å². The van der Waals surface area contributed by atoms with E-state index in [1.165, 1.54) is 12.8 Å². The van der Waals surface area contributed by atoms with Crippen LogP contribution in [-0.2, 0) is 0 Å². The highest BCUT2D eigenvalue weighted by molar-refractivity contribution is 5.58. The van der Waals surface area contributed by atoms with Gasteiger partial charge in [0, 0.05) is 17.8 Å². The highest BCUT2D eigenvalue weighted by Gasteiger charge is 2.39. The molecule has 0 heterocycles. The molecule has 0 aromatic rings. The molecule has 0 radical (unpaired) electrons. The highest BCUT2D eigenvalue weighted by Crippen LogP contribution is 2.51. The Morgan fingerprint density at radius 1 is 0.692 bits per heavy atom. The molecule has 0 aromatic heterocycles. The lowest BCUT2D eigenvalue weighted by Crippen LogP contribution is -2.32. The fourth-order valence-electron chi connectivity index (χ4n) is 5.39. The van der Waals surface area contributed by atoms with Crippen molar-refractivity contribution in [2.45, 2.75) is 25.7 Å². The van der Waals surface area contributed by atoms with E-state index in [9.17, 15) is 0 Å². The average molecular weight is 338 g/mol. The van der Waals surface area contributed by atoms with E-state index >= 15 is 0 Å². The Kier molecular flexibility index (Phi) is 4.13. The molecule has 5 aliphatic rings. The van der Waals surface area contributed by atoms with Crippen molar-refractivity contribution in [1.29, 1.82) is 0 Å². The third-order valence-electron chi connectivity index (χ3n) is 6.48. The molecule has 0 spiro atoms. The van der Waals surface area contributed by atoms with E-state index in [-0.39, 0.29) is 0 Å². The Bertz CT molecular complexity index is 860. The summed E-state index contributed by atoms with van der Waals surface area (Å²) in [5.74, 6) is 2.22. The maximum atomic E-state index is 2.46. The zero-order valence-electron chi connectivity index (χ0n) is 15.2. The van der Waals surface area contributed by atoms with Gasteiger partial charge in [0.15, 0.2) is 0 Å². The molecule has 26 heavy (non-hydrogen) atoms. The summed E-state index contributed by atoms with van der Waals surface area (Å²) < 4.78 is 0. The summed E-state index contributed by atoms with van der Waals surface area (Å²) in [6, 6.07) is 0. The summed E-state index contributed by atoms with van der Waals surface area (Å²) in [6.07, 6.45) is 37.3. The normalized spacial score (nSPS) is 34.5. The van der Waals surface area contributed by atoms with Gasteiger partial charge in [-0.05, 0) is 53.9 Å². The number of hydrogen-bond acceptors (Lipinski definition) is 0. The number of rotatable bonds is 2. The monoisotopic (exact) mass is 338 g/mol. The fraction of sp³-hybridized carbons (Fsp3) is 0.308. The zero-order valence-corrected chi connectivity index (χ0v) is 15.2. The lowest BCUT2D eigenvalue weighted by atomic mass is 9.61.